The third-order valence-corrected chi connectivity index (χ3v) is 7.79. The van der Waals surface area contributed by atoms with E-state index >= 15 is 0 Å². The molecule has 2 aromatic carbocycles. The third-order valence-electron chi connectivity index (χ3n) is 6.20. The number of fused-ring (bicyclic) bond motifs is 1. The summed E-state index contributed by atoms with van der Waals surface area (Å²) in [6.45, 7) is 10.9. The number of aryl methyl sites for hydroxylation is 1. The Morgan fingerprint density at radius 3 is 2.53 bits per heavy atom. The minimum atomic E-state index is -0.318. The molecule has 1 unspecified atom stereocenters. The van der Waals surface area contributed by atoms with Crippen LogP contribution in [0, 0.1) is 6.92 Å². The lowest BCUT2D eigenvalue weighted by molar-refractivity contribution is -0.122. The lowest BCUT2D eigenvalue weighted by atomic mass is 9.87. The van der Waals surface area contributed by atoms with Crippen molar-refractivity contribution < 1.29 is 9.59 Å². The van der Waals surface area contributed by atoms with Crippen LogP contribution in [0.3, 0.4) is 0 Å². The van der Waals surface area contributed by atoms with Crippen LogP contribution in [-0.4, -0.2) is 40.4 Å². The molecular formula is C28H33ClN4O2S. The molecule has 0 aliphatic carbocycles. The standard InChI is InChI=1S/C28H33ClN4O2S/c1-6-15-30-22(34)16-32-23(35)17-36-25(19-12-8-9-13-20(19)29)24-26(28(3,4)5)31-33(27(24)32)21-14-10-7-11-18(21)2/h7-14,25H,6,15-17H2,1-5H3,(H,30,34). The number of hydrogen-bond acceptors (Lipinski definition) is 4. The highest BCUT2D eigenvalue weighted by Gasteiger charge is 2.40. The van der Waals surface area contributed by atoms with Crippen molar-refractivity contribution >= 4 is 41.0 Å². The summed E-state index contributed by atoms with van der Waals surface area (Å²) in [6.07, 6.45) is 0.824. The number of hydrogen-bond donors (Lipinski definition) is 1. The van der Waals surface area contributed by atoms with Crippen molar-refractivity contribution in [1.82, 2.24) is 15.1 Å². The van der Waals surface area contributed by atoms with Gasteiger partial charge in [-0.2, -0.15) is 5.10 Å². The highest BCUT2D eigenvalue weighted by atomic mass is 35.5. The molecule has 0 radical (unpaired) electrons. The van der Waals surface area contributed by atoms with Gasteiger partial charge in [-0.3, -0.25) is 14.5 Å². The van der Waals surface area contributed by atoms with Crippen LogP contribution in [0.2, 0.25) is 5.02 Å². The first-order valence-electron chi connectivity index (χ1n) is 12.3. The SMILES string of the molecule is CCCNC(=O)CN1C(=O)CSC(c2ccccc2Cl)c2c(C(C)(C)C)nn(-c3ccccc3C)c21. The number of thioether (sulfide) groups is 1. The van der Waals surface area contributed by atoms with E-state index in [2.05, 4.69) is 26.1 Å². The zero-order valence-corrected chi connectivity index (χ0v) is 23.0. The Bertz CT molecular complexity index is 1280. The van der Waals surface area contributed by atoms with Gasteiger partial charge in [-0.15, -0.1) is 11.8 Å². The average molecular weight is 525 g/mol. The molecule has 0 spiro atoms. The first-order valence-corrected chi connectivity index (χ1v) is 13.7. The fourth-order valence-corrected chi connectivity index (χ4v) is 5.98. The number of aromatic nitrogens is 2. The van der Waals surface area contributed by atoms with Crippen LogP contribution in [-0.2, 0) is 15.0 Å². The van der Waals surface area contributed by atoms with E-state index in [1.165, 1.54) is 11.8 Å². The summed E-state index contributed by atoms with van der Waals surface area (Å²) >= 11 is 8.24. The van der Waals surface area contributed by atoms with Gasteiger partial charge in [0.2, 0.25) is 11.8 Å². The van der Waals surface area contributed by atoms with Crippen molar-refractivity contribution in [3.8, 4) is 5.69 Å². The second-order valence-corrected chi connectivity index (χ2v) is 11.6. The van der Waals surface area contributed by atoms with Gasteiger partial charge in [0.1, 0.15) is 12.4 Å². The van der Waals surface area contributed by atoms with E-state index in [1.54, 1.807) is 4.90 Å². The lowest BCUT2D eigenvalue weighted by Crippen LogP contribution is -2.42. The molecule has 1 aliphatic rings. The molecule has 1 atom stereocenters. The molecule has 190 valence electrons. The molecular weight excluding hydrogens is 492 g/mol. The van der Waals surface area contributed by atoms with Gasteiger partial charge in [-0.05, 0) is 36.6 Å². The number of nitrogens with zero attached hydrogens (tertiary/aromatic N) is 3. The minimum absolute atomic E-state index is 0.0667. The monoisotopic (exact) mass is 524 g/mol. The predicted molar refractivity (Wildman–Crippen MR) is 148 cm³/mol. The molecule has 8 heteroatoms. The third kappa shape index (κ3) is 5.18. The smallest absolute Gasteiger partial charge is 0.240 e. The number of amides is 2. The normalized spacial score (nSPS) is 16.0. The van der Waals surface area contributed by atoms with Crippen LogP contribution in [0.1, 0.15) is 61.7 Å². The van der Waals surface area contributed by atoms with Crippen LogP contribution in [0.4, 0.5) is 5.82 Å². The number of carbonyl (C=O) groups is 2. The first kappa shape index (κ1) is 26.3. The maximum atomic E-state index is 13.6. The average Bonchev–Trinajstić information content (AvgIpc) is 3.17. The quantitative estimate of drug-likeness (QED) is 0.440. The first-order chi connectivity index (χ1) is 17.1. The molecule has 0 bridgehead atoms. The fourth-order valence-electron chi connectivity index (χ4n) is 4.44. The Kier molecular flexibility index (Phi) is 7.81. The van der Waals surface area contributed by atoms with Gasteiger partial charge in [-0.25, -0.2) is 4.68 Å². The molecule has 1 aromatic heterocycles. The van der Waals surface area contributed by atoms with Gasteiger partial charge in [-0.1, -0.05) is 75.7 Å². The van der Waals surface area contributed by atoms with Gasteiger partial charge >= 0.3 is 0 Å². The Morgan fingerprint density at radius 1 is 1.17 bits per heavy atom. The van der Waals surface area contributed by atoms with Crippen molar-refractivity contribution in [2.75, 3.05) is 23.7 Å². The Hall–Kier alpha value is -2.77. The van der Waals surface area contributed by atoms with Crippen LogP contribution in [0.5, 0.6) is 0 Å². The number of carbonyl (C=O) groups excluding carboxylic acids is 2. The molecule has 1 aliphatic heterocycles. The van der Waals surface area contributed by atoms with E-state index < -0.39 is 0 Å². The Labute approximate surface area is 222 Å². The van der Waals surface area contributed by atoms with Gasteiger partial charge < -0.3 is 5.32 Å². The molecule has 0 fully saturated rings. The van der Waals surface area contributed by atoms with Crippen molar-refractivity contribution in [3.63, 3.8) is 0 Å². The number of nitrogens with one attached hydrogen (secondary N) is 1. The van der Waals surface area contributed by atoms with E-state index in [0.29, 0.717) is 17.4 Å². The summed E-state index contributed by atoms with van der Waals surface area (Å²) < 4.78 is 1.85. The van der Waals surface area contributed by atoms with Crippen molar-refractivity contribution in [1.29, 1.82) is 0 Å². The van der Waals surface area contributed by atoms with Gasteiger partial charge in [0, 0.05) is 22.5 Å². The van der Waals surface area contributed by atoms with Crippen LogP contribution < -0.4 is 10.2 Å². The van der Waals surface area contributed by atoms with Crippen molar-refractivity contribution in [3.05, 3.63) is 75.9 Å². The molecule has 36 heavy (non-hydrogen) atoms. The molecule has 0 saturated carbocycles. The molecule has 1 N–H and O–H groups in total. The molecule has 0 saturated heterocycles. The van der Waals surface area contributed by atoms with E-state index in [9.17, 15) is 9.59 Å². The largest absolute Gasteiger partial charge is 0.355 e. The van der Waals surface area contributed by atoms with Gasteiger partial charge in [0.25, 0.3) is 0 Å². The second kappa shape index (κ2) is 10.7. The molecule has 6 nitrogen and oxygen atoms in total. The molecule has 3 aromatic rings. The summed E-state index contributed by atoms with van der Waals surface area (Å²) in [6, 6.07) is 15.7. The van der Waals surface area contributed by atoms with Crippen LogP contribution in [0.25, 0.3) is 5.69 Å². The number of anilines is 1. The number of para-hydroxylation sites is 1. The van der Waals surface area contributed by atoms with Crippen LogP contribution in [0.15, 0.2) is 48.5 Å². The van der Waals surface area contributed by atoms with Crippen molar-refractivity contribution in [2.24, 2.45) is 0 Å². The van der Waals surface area contributed by atoms with E-state index in [-0.39, 0.29) is 34.8 Å². The summed E-state index contributed by atoms with van der Waals surface area (Å²) in [5, 5.41) is 8.48. The summed E-state index contributed by atoms with van der Waals surface area (Å²) in [5.41, 5.74) is 4.33. The van der Waals surface area contributed by atoms with Crippen LogP contribution >= 0.6 is 23.4 Å². The predicted octanol–water partition coefficient (Wildman–Crippen LogP) is 5.83. The zero-order chi connectivity index (χ0) is 26.0. The zero-order valence-electron chi connectivity index (χ0n) is 21.5. The summed E-state index contributed by atoms with van der Waals surface area (Å²) in [5.74, 6) is 0.550. The van der Waals surface area contributed by atoms with E-state index in [0.717, 1.165) is 34.5 Å². The fraction of sp³-hybridized carbons (Fsp3) is 0.393. The van der Waals surface area contributed by atoms with E-state index in [4.69, 9.17) is 16.7 Å². The summed E-state index contributed by atoms with van der Waals surface area (Å²) in [4.78, 5) is 28.1. The lowest BCUT2D eigenvalue weighted by Gasteiger charge is -2.25. The maximum Gasteiger partial charge on any atom is 0.240 e. The number of benzene rings is 2. The number of rotatable bonds is 6. The minimum Gasteiger partial charge on any atom is -0.355 e. The summed E-state index contributed by atoms with van der Waals surface area (Å²) in [7, 11) is 0. The van der Waals surface area contributed by atoms with E-state index in [1.807, 2.05) is 67.1 Å². The maximum absolute atomic E-state index is 13.6. The Morgan fingerprint density at radius 2 is 1.86 bits per heavy atom. The highest BCUT2D eigenvalue weighted by Crippen LogP contribution is 2.49. The second-order valence-electron chi connectivity index (χ2n) is 10.1. The molecule has 2 amide bonds. The molecule has 4 rings (SSSR count). The highest BCUT2D eigenvalue weighted by molar-refractivity contribution is 8.00. The topological polar surface area (TPSA) is 67.2 Å². The molecule has 2 heterocycles. The van der Waals surface area contributed by atoms with Gasteiger partial charge in [0.15, 0.2) is 0 Å². The van der Waals surface area contributed by atoms with Crippen molar-refractivity contribution in [2.45, 2.75) is 51.7 Å². The van der Waals surface area contributed by atoms with Gasteiger partial charge in [0.05, 0.1) is 22.4 Å². The Balaban J connectivity index is 2.03. The number of halogens is 1.